The SMILES string of the molecule is CC.Cc1c(N)ccc2cc(-n3ccc4ccncc43)ncc12. The molecule has 0 fully saturated rings. The fraction of sp³-hybridized carbons (Fsp3) is 0.158. The highest BCUT2D eigenvalue weighted by Crippen LogP contribution is 2.25. The summed E-state index contributed by atoms with van der Waals surface area (Å²) in [6.07, 6.45) is 7.56. The average Bonchev–Trinajstić information content (AvgIpc) is 3.04. The predicted molar refractivity (Wildman–Crippen MR) is 96.9 cm³/mol. The molecule has 0 atom stereocenters. The minimum atomic E-state index is 0.799. The zero-order valence-electron chi connectivity index (χ0n) is 13.6. The Morgan fingerprint density at radius 2 is 1.83 bits per heavy atom. The van der Waals surface area contributed by atoms with Gasteiger partial charge in [-0.3, -0.25) is 9.55 Å². The van der Waals surface area contributed by atoms with Crippen molar-refractivity contribution in [1.29, 1.82) is 0 Å². The summed E-state index contributed by atoms with van der Waals surface area (Å²) in [6.45, 7) is 6.02. The molecule has 0 saturated heterocycles. The predicted octanol–water partition coefficient (Wildman–Crippen LogP) is 4.49. The lowest BCUT2D eigenvalue weighted by molar-refractivity contribution is 1.05. The van der Waals surface area contributed by atoms with Crippen molar-refractivity contribution in [3.63, 3.8) is 0 Å². The third kappa shape index (κ3) is 2.52. The fourth-order valence-electron chi connectivity index (χ4n) is 2.68. The van der Waals surface area contributed by atoms with Crippen LogP contribution in [0.25, 0.3) is 27.5 Å². The molecule has 3 heterocycles. The van der Waals surface area contributed by atoms with Gasteiger partial charge in [0.1, 0.15) is 5.82 Å². The molecule has 0 aliphatic carbocycles. The van der Waals surface area contributed by atoms with E-state index in [9.17, 15) is 0 Å². The van der Waals surface area contributed by atoms with Gasteiger partial charge in [0, 0.05) is 35.1 Å². The van der Waals surface area contributed by atoms with Gasteiger partial charge in [-0.2, -0.15) is 0 Å². The first-order valence-corrected chi connectivity index (χ1v) is 7.80. The van der Waals surface area contributed by atoms with Gasteiger partial charge in [-0.15, -0.1) is 0 Å². The van der Waals surface area contributed by atoms with Gasteiger partial charge in [-0.05, 0) is 42.1 Å². The number of nitrogens with two attached hydrogens (primary N) is 1. The van der Waals surface area contributed by atoms with E-state index in [1.807, 2.05) is 62.1 Å². The fourth-order valence-corrected chi connectivity index (χ4v) is 2.68. The second kappa shape index (κ2) is 6.08. The van der Waals surface area contributed by atoms with Gasteiger partial charge in [0.05, 0.1) is 11.7 Å². The Hall–Kier alpha value is -2.88. The van der Waals surface area contributed by atoms with E-state index in [1.165, 1.54) is 0 Å². The zero-order chi connectivity index (χ0) is 16.4. The summed E-state index contributed by atoms with van der Waals surface area (Å²) >= 11 is 0. The minimum Gasteiger partial charge on any atom is -0.398 e. The van der Waals surface area contributed by atoms with Crippen LogP contribution in [0.2, 0.25) is 0 Å². The van der Waals surface area contributed by atoms with Crippen LogP contribution in [0.15, 0.2) is 55.1 Å². The quantitative estimate of drug-likeness (QED) is 0.527. The van der Waals surface area contributed by atoms with Crippen molar-refractivity contribution in [1.82, 2.24) is 14.5 Å². The van der Waals surface area contributed by atoms with E-state index in [0.717, 1.165) is 38.7 Å². The van der Waals surface area contributed by atoms with Crippen molar-refractivity contribution in [3.05, 3.63) is 60.7 Å². The van der Waals surface area contributed by atoms with Gasteiger partial charge in [0.25, 0.3) is 0 Å². The monoisotopic (exact) mass is 304 g/mol. The number of pyridine rings is 2. The van der Waals surface area contributed by atoms with Crippen LogP contribution in [0.1, 0.15) is 19.4 Å². The number of nitrogen functional groups attached to an aromatic ring is 1. The van der Waals surface area contributed by atoms with Crippen LogP contribution in [-0.2, 0) is 0 Å². The zero-order valence-corrected chi connectivity index (χ0v) is 13.6. The molecule has 0 radical (unpaired) electrons. The van der Waals surface area contributed by atoms with E-state index < -0.39 is 0 Å². The molecule has 0 unspecified atom stereocenters. The molecule has 0 bridgehead atoms. The Balaban J connectivity index is 0.000000753. The van der Waals surface area contributed by atoms with E-state index >= 15 is 0 Å². The van der Waals surface area contributed by atoms with Gasteiger partial charge in [0.15, 0.2) is 0 Å². The molecule has 0 aliphatic rings. The van der Waals surface area contributed by atoms with E-state index in [2.05, 4.69) is 22.1 Å². The van der Waals surface area contributed by atoms with Crippen LogP contribution in [0.5, 0.6) is 0 Å². The number of nitrogens with zero attached hydrogens (tertiary/aromatic N) is 3. The number of hydrogen-bond acceptors (Lipinski definition) is 3. The summed E-state index contributed by atoms with van der Waals surface area (Å²) in [5, 5.41) is 3.38. The number of benzene rings is 1. The summed E-state index contributed by atoms with van der Waals surface area (Å²) in [7, 11) is 0. The Kier molecular flexibility index (Phi) is 3.98. The number of aromatic nitrogens is 3. The maximum atomic E-state index is 5.95. The minimum absolute atomic E-state index is 0.799. The summed E-state index contributed by atoms with van der Waals surface area (Å²) in [6, 6.07) is 10.1. The van der Waals surface area contributed by atoms with Crippen LogP contribution in [0.3, 0.4) is 0 Å². The molecule has 0 spiro atoms. The number of fused-ring (bicyclic) bond motifs is 2. The maximum absolute atomic E-state index is 5.95. The molecule has 2 N–H and O–H groups in total. The first-order valence-electron chi connectivity index (χ1n) is 7.80. The van der Waals surface area contributed by atoms with Crippen LogP contribution in [0.4, 0.5) is 5.69 Å². The molecule has 0 amide bonds. The van der Waals surface area contributed by atoms with Crippen molar-refractivity contribution in [3.8, 4) is 5.82 Å². The average molecular weight is 304 g/mol. The molecular weight excluding hydrogens is 284 g/mol. The first-order chi connectivity index (χ1) is 11.2. The lowest BCUT2D eigenvalue weighted by Crippen LogP contribution is -1.97. The molecule has 0 aliphatic heterocycles. The van der Waals surface area contributed by atoms with Crippen molar-refractivity contribution < 1.29 is 0 Å². The molecule has 4 aromatic rings. The summed E-state index contributed by atoms with van der Waals surface area (Å²) in [5.74, 6) is 0.884. The highest BCUT2D eigenvalue weighted by Gasteiger charge is 2.07. The molecule has 3 aromatic heterocycles. The third-order valence-corrected chi connectivity index (χ3v) is 3.94. The highest BCUT2D eigenvalue weighted by molar-refractivity contribution is 5.90. The Morgan fingerprint density at radius 1 is 1.00 bits per heavy atom. The third-order valence-electron chi connectivity index (χ3n) is 3.94. The lowest BCUT2D eigenvalue weighted by atomic mass is 10.1. The van der Waals surface area contributed by atoms with E-state index in [-0.39, 0.29) is 0 Å². The summed E-state index contributed by atoms with van der Waals surface area (Å²) in [5.41, 5.74) is 8.88. The number of hydrogen-bond donors (Lipinski definition) is 1. The topological polar surface area (TPSA) is 56.7 Å². The molecule has 23 heavy (non-hydrogen) atoms. The van der Waals surface area contributed by atoms with Gasteiger partial charge >= 0.3 is 0 Å². The second-order valence-electron chi connectivity index (χ2n) is 5.16. The highest BCUT2D eigenvalue weighted by atomic mass is 15.1. The van der Waals surface area contributed by atoms with Crippen LogP contribution < -0.4 is 5.73 Å². The first kappa shape index (κ1) is 15.0. The van der Waals surface area contributed by atoms with Crippen molar-refractivity contribution in [2.24, 2.45) is 0 Å². The number of aryl methyl sites for hydroxylation is 1. The number of anilines is 1. The molecule has 0 saturated carbocycles. The van der Waals surface area contributed by atoms with Crippen molar-refractivity contribution >= 4 is 27.4 Å². The molecule has 1 aromatic carbocycles. The summed E-state index contributed by atoms with van der Waals surface area (Å²) in [4.78, 5) is 8.78. The molecule has 116 valence electrons. The Labute approximate surface area is 135 Å². The van der Waals surface area contributed by atoms with Gasteiger partial charge in [-0.25, -0.2) is 4.98 Å². The Morgan fingerprint density at radius 3 is 2.65 bits per heavy atom. The maximum Gasteiger partial charge on any atom is 0.137 e. The van der Waals surface area contributed by atoms with Crippen LogP contribution in [0, 0.1) is 6.92 Å². The van der Waals surface area contributed by atoms with E-state index in [4.69, 9.17) is 5.73 Å². The lowest BCUT2D eigenvalue weighted by Gasteiger charge is -2.09. The molecule has 4 rings (SSSR count). The molecule has 4 nitrogen and oxygen atoms in total. The van der Waals surface area contributed by atoms with Gasteiger partial charge in [0.2, 0.25) is 0 Å². The van der Waals surface area contributed by atoms with E-state index in [1.54, 1.807) is 6.20 Å². The smallest absolute Gasteiger partial charge is 0.137 e. The standard InChI is InChI=1S/C17H14N4.C2H6/c1-11-14-9-20-17(8-13(14)2-3-15(11)18)21-7-5-12-4-6-19-10-16(12)21;1-2/h2-10H,18H2,1H3;1-2H3. The summed E-state index contributed by atoms with van der Waals surface area (Å²) < 4.78 is 2.05. The largest absolute Gasteiger partial charge is 0.398 e. The van der Waals surface area contributed by atoms with Crippen molar-refractivity contribution in [2.75, 3.05) is 5.73 Å². The van der Waals surface area contributed by atoms with Gasteiger partial charge in [-0.1, -0.05) is 19.9 Å². The molecular formula is C19H20N4. The normalized spacial score (nSPS) is 10.6. The Bertz CT molecular complexity index is 970. The van der Waals surface area contributed by atoms with Crippen molar-refractivity contribution in [2.45, 2.75) is 20.8 Å². The van der Waals surface area contributed by atoms with Gasteiger partial charge < -0.3 is 5.73 Å². The second-order valence-corrected chi connectivity index (χ2v) is 5.16. The molecule has 4 heteroatoms. The number of rotatable bonds is 1. The van der Waals surface area contributed by atoms with Crippen LogP contribution in [-0.4, -0.2) is 14.5 Å². The van der Waals surface area contributed by atoms with E-state index in [0.29, 0.717) is 0 Å². The van der Waals surface area contributed by atoms with Crippen LogP contribution >= 0.6 is 0 Å².